The number of tetrazole rings is 1. The lowest BCUT2D eigenvalue weighted by Crippen LogP contribution is -2.29. The van der Waals surface area contributed by atoms with Crippen molar-refractivity contribution in [1.29, 1.82) is 0 Å². The Labute approximate surface area is 153 Å². The van der Waals surface area contributed by atoms with E-state index in [4.69, 9.17) is 0 Å². The second kappa shape index (κ2) is 6.13. The van der Waals surface area contributed by atoms with Crippen LogP contribution in [0.15, 0.2) is 48.8 Å². The topological polar surface area (TPSA) is 116 Å². The third-order valence-electron chi connectivity index (χ3n) is 4.69. The van der Waals surface area contributed by atoms with Crippen molar-refractivity contribution >= 4 is 11.6 Å². The van der Waals surface area contributed by atoms with Crippen molar-refractivity contribution < 1.29 is 4.79 Å². The SMILES string of the molecule is O=C(c1ccccc1-c1ncn[nH]1)N1CCc2c(-c3nn[nH]n3)cccc21. The number of fused-ring (bicyclic) bond motifs is 1. The molecule has 27 heavy (non-hydrogen) atoms. The molecule has 1 amide bonds. The maximum atomic E-state index is 13.3. The molecule has 5 rings (SSSR count). The van der Waals surface area contributed by atoms with Crippen molar-refractivity contribution in [3.8, 4) is 22.8 Å². The van der Waals surface area contributed by atoms with Gasteiger partial charge in [-0.05, 0) is 29.3 Å². The second-order valence-corrected chi connectivity index (χ2v) is 6.13. The van der Waals surface area contributed by atoms with E-state index in [1.54, 1.807) is 11.0 Å². The standard InChI is InChI=1S/C18H14N8O/c27-18(14-5-2-1-4-13(14)16-19-10-20-21-16)26-9-8-11-12(6-3-7-15(11)26)17-22-24-25-23-17/h1-7,10H,8-9H2,(H,19,20,21)(H,22,23,24,25). The number of nitrogens with one attached hydrogen (secondary N) is 2. The zero-order valence-corrected chi connectivity index (χ0v) is 14.1. The minimum absolute atomic E-state index is 0.0778. The predicted molar refractivity (Wildman–Crippen MR) is 96.8 cm³/mol. The molecule has 0 radical (unpaired) electrons. The molecule has 1 aliphatic heterocycles. The molecular formula is C18H14N8O. The van der Waals surface area contributed by atoms with E-state index in [0.29, 0.717) is 23.8 Å². The van der Waals surface area contributed by atoms with E-state index in [2.05, 4.69) is 35.8 Å². The number of carbonyl (C=O) groups is 1. The molecule has 1 aliphatic rings. The molecule has 9 nitrogen and oxygen atoms in total. The van der Waals surface area contributed by atoms with E-state index in [1.807, 2.05) is 36.4 Å². The monoisotopic (exact) mass is 358 g/mol. The van der Waals surface area contributed by atoms with Crippen molar-refractivity contribution in [3.63, 3.8) is 0 Å². The van der Waals surface area contributed by atoms with Gasteiger partial charge in [-0.2, -0.15) is 10.3 Å². The van der Waals surface area contributed by atoms with Gasteiger partial charge in [0, 0.05) is 23.4 Å². The van der Waals surface area contributed by atoms with Gasteiger partial charge in [-0.3, -0.25) is 9.89 Å². The Bertz CT molecular complexity index is 1100. The van der Waals surface area contributed by atoms with Crippen LogP contribution in [0.4, 0.5) is 5.69 Å². The van der Waals surface area contributed by atoms with Gasteiger partial charge in [0.2, 0.25) is 5.82 Å². The minimum Gasteiger partial charge on any atom is -0.308 e. The zero-order chi connectivity index (χ0) is 18.2. The van der Waals surface area contributed by atoms with Crippen LogP contribution in [0.1, 0.15) is 15.9 Å². The number of rotatable bonds is 3. The Kier molecular flexibility index (Phi) is 3.49. The molecule has 0 spiro atoms. The Balaban J connectivity index is 1.56. The average molecular weight is 358 g/mol. The highest BCUT2D eigenvalue weighted by atomic mass is 16.2. The first-order valence-electron chi connectivity index (χ1n) is 8.45. The van der Waals surface area contributed by atoms with Gasteiger partial charge in [-0.25, -0.2) is 4.98 Å². The van der Waals surface area contributed by atoms with Crippen LogP contribution >= 0.6 is 0 Å². The smallest absolute Gasteiger partial charge is 0.259 e. The number of amides is 1. The minimum atomic E-state index is -0.0778. The van der Waals surface area contributed by atoms with Crippen molar-refractivity contribution in [2.45, 2.75) is 6.42 Å². The van der Waals surface area contributed by atoms with Crippen LogP contribution in [0.3, 0.4) is 0 Å². The number of H-pyrrole nitrogens is 2. The molecule has 132 valence electrons. The summed E-state index contributed by atoms with van der Waals surface area (Å²) in [7, 11) is 0. The summed E-state index contributed by atoms with van der Waals surface area (Å²) in [6.45, 7) is 0.591. The molecule has 2 aromatic carbocycles. The van der Waals surface area contributed by atoms with Crippen molar-refractivity contribution in [2.75, 3.05) is 11.4 Å². The molecule has 9 heteroatoms. The third-order valence-corrected chi connectivity index (χ3v) is 4.69. The Morgan fingerprint density at radius 3 is 2.78 bits per heavy atom. The summed E-state index contributed by atoms with van der Waals surface area (Å²) < 4.78 is 0. The zero-order valence-electron chi connectivity index (χ0n) is 14.1. The van der Waals surface area contributed by atoms with Gasteiger partial charge in [-0.15, -0.1) is 10.2 Å². The summed E-state index contributed by atoms with van der Waals surface area (Å²) in [6, 6.07) is 13.2. The second-order valence-electron chi connectivity index (χ2n) is 6.13. The molecule has 0 fully saturated rings. The highest BCUT2D eigenvalue weighted by Crippen LogP contribution is 2.36. The Morgan fingerprint density at radius 1 is 1.07 bits per heavy atom. The fraction of sp³-hybridized carbons (Fsp3) is 0.111. The van der Waals surface area contributed by atoms with E-state index >= 15 is 0 Å². The molecule has 3 heterocycles. The fourth-order valence-corrected chi connectivity index (χ4v) is 3.49. The summed E-state index contributed by atoms with van der Waals surface area (Å²) in [5, 5.41) is 21.0. The third kappa shape index (κ3) is 2.48. The molecule has 0 saturated carbocycles. The van der Waals surface area contributed by atoms with Gasteiger partial charge < -0.3 is 4.90 Å². The maximum Gasteiger partial charge on any atom is 0.259 e. The first-order chi connectivity index (χ1) is 13.3. The summed E-state index contributed by atoms with van der Waals surface area (Å²) in [5.74, 6) is 1.02. The van der Waals surface area contributed by atoms with Crippen LogP contribution in [0.5, 0.6) is 0 Å². The van der Waals surface area contributed by atoms with Gasteiger partial charge in [0.15, 0.2) is 5.82 Å². The first-order valence-corrected chi connectivity index (χ1v) is 8.45. The molecule has 0 saturated heterocycles. The molecule has 2 N–H and O–H groups in total. The maximum absolute atomic E-state index is 13.3. The lowest BCUT2D eigenvalue weighted by atomic mass is 10.0. The number of nitrogens with zero attached hydrogens (tertiary/aromatic N) is 6. The molecule has 2 aromatic heterocycles. The summed E-state index contributed by atoms with van der Waals surface area (Å²) in [6.07, 6.45) is 2.16. The van der Waals surface area contributed by atoms with Crippen LogP contribution in [-0.4, -0.2) is 48.3 Å². The summed E-state index contributed by atoms with van der Waals surface area (Å²) in [5.41, 5.74) is 4.11. The molecule has 0 aliphatic carbocycles. The highest BCUT2D eigenvalue weighted by molar-refractivity contribution is 6.11. The van der Waals surface area contributed by atoms with Gasteiger partial charge in [0.25, 0.3) is 5.91 Å². The van der Waals surface area contributed by atoms with Gasteiger partial charge >= 0.3 is 0 Å². The molecule has 0 unspecified atom stereocenters. The lowest BCUT2D eigenvalue weighted by Gasteiger charge is -2.19. The molecular weight excluding hydrogens is 344 g/mol. The quantitative estimate of drug-likeness (QED) is 0.577. The normalized spacial score (nSPS) is 13.0. The number of carbonyl (C=O) groups excluding carboxylic acids is 1. The summed E-state index contributed by atoms with van der Waals surface area (Å²) in [4.78, 5) is 19.3. The van der Waals surface area contributed by atoms with Crippen LogP contribution in [-0.2, 0) is 6.42 Å². The number of anilines is 1. The summed E-state index contributed by atoms with van der Waals surface area (Å²) >= 11 is 0. The number of benzene rings is 2. The molecule has 0 atom stereocenters. The average Bonchev–Trinajstić information content (AvgIpc) is 3.48. The number of aromatic amines is 2. The Morgan fingerprint density at radius 2 is 1.96 bits per heavy atom. The van der Waals surface area contributed by atoms with Crippen LogP contribution in [0, 0.1) is 0 Å². The van der Waals surface area contributed by atoms with Crippen LogP contribution < -0.4 is 4.90 Å². The number of hydrogen-bond acceptors (Lipinski definition) is 6. The van der Waals surface area contributed by atoms with Crippen LogP contribution in [0.25, 0.3) is 22.8 Å². The molecule has 4 aromatic rings. The first kappa shape index (κ1) is 15.4. The van der Waals surface area contributed by atoms with Gasteiger partial charge in [-0.1, -0.05) is 30.3 Å². The van der Waals surface area contributed by atoms with Gasteiger partial charge in [0.1, 0.15) is 6.33 Å². The number of hydrogen-bond donors (Lipinski definition) is 2. The predicted octanol–water partition coefficient (Wildman–Crippen LogP) is 1.85. The Hall–Kier alpha value is -3.88. The van der Waals surface area contributed by atoms with Crippen LogP contribution in [0.2, 0.25) is 0 Å². The van der Waals surface area contributed by atoms with Crippen molar-refractivity contribution in [3.05, 3.63) is 59.9 Å². The fourth-order valence-electron chi connectivity index (χ4n) is 3.49. The largest absolute Gasteiger partial charge is 0.308 e. The van der Waals surface area contributed by atoms with E-state index in [9.17, 15) is 4.79 Å². The van der Waals surface area contributed by atoms with E-state index in [1.165, 1.54) is 6.33 Å². The van der Waals surface area contributed by atoms with E-state index in [0.717, 1.165) is 28.8 Å². The highest BCUT2D eigenvalue weighted by Gasteiger charge is 2.29. The lowest BCUT2D eigenvalue weighted by molar-refractivity contribution is 0.0990. The van der Waals surface area contributed by atoms with E-state index < -0.39 is 0 Å². The van der Waals surface area contributed by atoms with Crippen molar-refractivity contribution in [1.82, 2.24) is 35.8 Å². The van der Waals surface area contributed by atoms with Gasteiger partial charge in [0.05, 0.1) is 5.56 Å². The molecule has 0 bridgehead atoms. The van der Waals surface area contributed by atoms with E-state index in [-0.39, 0.29) is 5.91 Å². The number of aromatic nitrogens is 7. The van der Waals surface area contributed by atoms with Crippen molar-refractivity contribution in [2.24, 2.45) is 0 Å².